The van der Waals surface area contributed by atoms with Crippen LogP contribution < -0.4 is 0 Å². The predicted molar refractivity (Wildman–Crippen MR) is 99.1 cm³/mol. The van der Waals surface area contributed by atoms with Crippen LogP contribution in [0, 0.1) is 0 Å². The Labute approximate surface area is 157 Å². The van der Waals surface area contributed by atoms with E-state index < -0.39 is 0 Å². The van der Waals surface area contributed by atoms with Gasteiger partial charge in [-0.1, -0.05) is 6.92 Å². The number of hydrogen-bond acceptors (Lipinski definition) is 2. The van der Waals surface area contributed by atoms with Gasteiger partial charge in [0.25, 0.3) is 0 Å². The summed E-state index contributed by atoms with van der Waals surface area (Å²) in [7, 11) is 0. The lowest BCUT2D eigenvalue weighted by Crippen LogP contribution is -1.99. The zero-order valence-corrected chi connectivity index (χ0v) is 17.3. The van der Waals surface area contributed by atoms with Gasteiger partial charge in [0.15, 0.2) is 0 Å². The van der Waals surface area contributed by atoms with Crippen LogP contribution in [0.2, 0.25) is 0 Å². The van der Waals surface area contributed by atoms with Gasteiger partial charge in [-0.3, -0.25) is 0 Å². The molecule has 0 saturated heterocycles. The molecule has 0 heterocycles. The molecule has 1 atom stereocenters. The van der Waals surface area contributed by atoms with E-state index in [1.807, 2.05) is 24.3 Å². The fourth-order valence-electron chi connectivity index (χ4n) is 2.08. The van der Waals surface area contributed by atoms with E-state index in [2.05, 4.69) is 70.6 Å². The minimum atomic E-state index is 0.209. The van der Waals surface area contributed by atoms with Crippen LogP contribution in [0.1, 0.15) is 24.0 Å². The third kappa shape index (κ3) is 4.03. The monoisotopic (exact) mass is 540 g/mol. The number of phenolic OH excluding ortho intramolecular Hbond substituents is 2. The van der Waals surface area contributed by atoms with E-state index in [4.69, 9.17) is 0 Å². The number of hydrogen-bond donors (Lipinski definition) is 2. The van der Waals surface area contributed by atoms with Gasteiger partial charge in [0.2, 0.25) is 0 Å². The Bertz CT molecular complexity index is 639. The van der Waals surface area contributed by atoms with E-state index in [-0.39, 0.29) is 17.4 Å². The van der Waals surface area contributed by atoms with Gasteiger partial charge in [-0.25, -0.2) is 0 Å². The van der Waals surface area contributed by atoms with E-state index in [1.165, 1.54) is 0 Å². The highest BCUT2D eigenvalue weighted by molar-refractivity contribution is 9.11. The molecule has 0 radical (unpaired) electrons. The topological polar surface area (TPSA) is 40.5 Å². The van der Waals surface area contributed by atoms with E-state index in [9.17, 15) is 10.2 Å². The second kappa shape index (κ2) is 7.02. The third-order valence-corrected chi connectivity index (χ3v) is 5.64. The first-order valence-electron chi connectivity index (χ1n) is 6.14. The molecule has 2 aromatic rings. The molecule has 0 aliphatic rings. The van der Waals surface area contributed by atoms with Crippen LogP contribution in [0.5, 0.6) is 11.5 Å². The summed E-state index contributed by atoms with van der Waals surface area (Å²) in [6.45, 7) is 2.12. The van der Waals surface area contributed by atoms with E-state index in [0.717, 1.165) is 17.5 Å². The number of benzene rings is 2. The van der Waals surface area contributed by atoms with Crippen LogP contribution >= 0.6 is 63.7 Å². The lowest BCUT2D eigenvalue weighted by Gasteiger charge is -2.15. The molecular formula is C15H12Br4O2. The summed E-state index contributed by atoms with van der Waals surface area (Å²) in [5.74, 6) is 0.684. The highest BCUT2D eigenvalue weighted by Crippen LogP contribution is 2.38. The smallest absolute Gasteiger partial charge is 0.143 e. The Morgan fingerprint density at radius 2 is 1.19 bits per heavy atom. The molecule has 0 saturated carbocycles. The molecule has 0 fully saturated rings. The average Bonchev–Trinajstić information content (AvgIpc) is 2.41. The first-order valence-corrected chi connectivity index (χ1v) is 9.31. The molecule has 0 spiro atoms. The SMILES string of the molecule is CC(Cc1cc(Br)c(O)c(Br)c1)c1cc(Br)c(O)c(Br)c1. The number of aromatic hydroxyl groups is 2. The third-order valence-electron chi connectivity index (χ3n) is 3.23. The lowest BCUT2D eigenvalue weighted by molar-refractivity contribution is 0.467. The van der Waals surface area contributed by atoms with Gasteiger partial charge in [0.05, 0.1) is 17.9 Å². The number of halogens is 4. The Morgan fingerprint density at radius 3 is 1.62 bits per heavy atom. The molecule has 0 aliphatic carbocycles. The standard InChI is InChI=1S/C15H12Br4O2/c1-7(9-5-12(18)15(21)13(19)6-9)2-8-3-10(16)14(20)11(17)4-8/h3-7,20-21H,2H2,1H3. The van der Waals surface area contributed by atoms with Crippen LogP contribution in [0.25, 0.3) is 0 Å². The summed E-state index contributed by atoms with van der Waals surface area (Å²) in [4.78, 5) is 0. The van der Waals surface area contributed by atoms with E-state index in [1.54, 1.807) is 0 Å². The Morgan fingerprint density at radius 1 is 0.810 bits per heavy atom. The van der Waals surface area contributed by atoms with Crippen molar-refractivity contribution in [3.05, 3.63) is 53.3 Å². The van der Waals surface area contributed by atoms with Crippen molar-refractivity contribution in [1.82, 2.24) is 0 Å². The van der Waals surface area contributed by atoms with Crippen LogP contribution in [0.4, 0.5) is 0 Å². The van der Waals surface area contributed by atoms with Crippen LogP contribution in [0.15, 0.2) is 42.2 Å². The van der Waals surface area contributed by atoms with Gasteiger partial charge in [0.1, 0.15) is 11.5 Å². The van der Waals surface area contributed by atoms with Crippen molar-refractivity contribution in [2.75, 3.05) is 0 Å². The molecule has 6 heteroatoms. The normalized spacial score (nSPS) is 12.4. The Hall–Kier alpha value is -0.0400. The summed E-state index contributed by atoms with van der Waals surface area (Å²) in [5.41, 5.74) is 2.23. The summed E-state index contributed by atoms with van der Waals surface area (Å²) in [6.07, 6.45) is 0.821. The van der Waals surface area contributed by atoms with Crippen LogP contribution in [0.3, 0.4) is 0 Å². The molecule has 0 bridgehead atoms. The van der Waals surface area contributed by atoms with E-state index >= 15 is 0 Å². The second-order valence-corrected chi connectivity index (χ2v) is 8.26. The predicted octanol–water partition coefficient (Wildman–Crippen LogP) is 6.49. The number of phenols is 2. The summed E-state index contributed by atoms with van der Waals surface area (Å²) >= 11 is 13.4. The Kier molecular flexibility index (Phi) is 5.79. The summed E-state index contributed by atoms with van der Waals surface area (Å²) < 4.78 is 2.69. The second-order valence-electron chi connectivity index (χ2n) is 4.85. The van der Waals surface area contributed by atoms with Crippen molar-refractivity contribution in [2.45, 2.75) is 19.3 Å². The minimum absolute atomic E-state index is 0.209. The summed E-state index contributed by atoms with van der Waals surface area (Å²) in [6, 6.07) is 7.69. The molecule has 112 valence electrons. The maximum atomic E-state index is 9.77. The van der Waals surface area contributed by atoms with Gasteiger partial charge >= 0.3 is 0 Å². The molecule has 2 aromatic carbocycles. The summed E-state index contributed by atoms with van der Waals surface area (Å²) in [5, 5.41) is 19.5. The van der Waals surface area contributed by atoms with Gasteiger partial charge in [0, 0.05) is 0 Å². The molecule has 21 heavy (non-hydrogen) atoms. The zero-order valence-electron chi connectivity index (χ0n) is 11.0. The maximum absolute atomic E-state index is 9.77. The van der Waals surface area contributed by atoms with Crippen LogP contribution in [-0.4, -0.2) is 10.2 Å². The fourth-order valence-corrected chi connectivity index (χ4v) is 4.58. The van der Waals surface area contributed by atoms with Gasteiger partial charge in [-0.2, -0.15) is 0 Å². The number of rotatable bonds is 3. The largest absolute Gasteiger partial charge is 0.506 e. The highest BCUT2D eigenvalue weighted by Gasteiger charge is 2.14. The highest BCUT2D eigenvalue weighted by atomic mass is 79.9. The lowest BCUT2D eigenvalue weighted by atomic mass is 9.94. The van der Waals surface area contributed by atoms with Crippen molar-refractivity contribution in [3.8, 4) is 11.5 Å². The molecule has 0 aliphatic heterocycles. The van der Waals surface area contributed by atoms with Crippen molar-refractivity contribution >= 4 is 63.7 Å². The first kappa shape index (κ1) is 17.3. The molecule has 1 unspecified atom stereocenters. The quantitative estimate of drug-likeness (QED) is 0.464. The van der Waals surface area contributed by atoms with Gasteiger partial charge in [-0.15, -0.1) is 0 Å². The minimum Gasteiger partial charge on any atom is -0.506 e. The Balaban J connectivity index is 2.28. The molecule has 0 aromatic heterocycles. The maximum Gasteiger partial charge on any atom is 0.143 e. The average molecular weight is 544 g/mol. The van der Waals surface area contributed by atoms with Gasteiger partial charge in [-0.05, 0) is 111 Å². The molecule has 2 N–H and O–H groups in total. The van der Waals surface area contributed by atoms with Gasteiger partial charge < -0.3 is 10.2 Å². The van der Waals surface area contributed by atoms with E-state index in [0.29, 0.717) is 17.9 Å². The molecule has 0 amide bonds. The zero-order chi connectivity index (χ0) is 15.7. The van der Waals surface area contributed by atoms with Crippen molar-refractivity contribution in [3.63, 3.8) is 0 Å². The van der Waals surface area contributed by atoms with Crippen LogP contribution in [-0.2, 0) is 6.42 Å². The first-order chi connectivity index (χ1) is 9.79. The molecule has 2 rings (SSSR count). The fraction of sp³-hybridized carbons (Fsp3) is 0.200. The van der Waals surface area contributed by atoms with Crippen molar-refractivity contribution in [1.29, 1.82) is 0 Å². The van der Waals surface area contributed by atoms with Crippen molar-refractivity contribution < 1.29 is 10.2 Å². The molecular weight excluding hydrogens is 532 g/mol. The van der Waals surface area contributed by atoms with Crippen molar-refractivity contribution in [2.24, 2.45) is 0 Å². The molecule has 2 nitrogen and oxygen atoms in total.